The second-order valence-corrected chi connectivity index (χ2v) is 5.64. The smallest absolute Gasteiger partial charge is 0.360 e. The number of aromatic nitrogens is 4. The van der Waals surface area contributed by atoms with Crippen LogP contribution in [-0.4, -0.2) is 26.1 Å². The lowest BCUT2D eigenvalue weighted by atomic mass is 10.2. The second kappa shape index (κ2) is 4.96. The van der Waals surface area contributed by atoms with Crippen LogP contribution in [0, 0.1) is 0 Å². The van der Waals surface area contributed by atoms with Crippen molar-refractivity contribution in [2.24, 2.45) is 0 Å². The molecule has 0 saturated heterocycles. The molecule has 2 aromatic carbocycles. The van der Waals surface area contributed by atoms with E-state index in [0.29, 0.717) is 16.6 Å². The maximum atomic E-state index is 12.4. The average molecular weight is 357 g/mol. The third kappa shape index (κ3) is 2.06. The fraction of sp³-hybridized carbons (Fsp3) is 0. The maximum Gasteiger partial charge on any atom is 0.367 e. The first-order valence-corrected chi connectivity index (χ1v) is 7.31. The maximum absolute atomic E-state index is 12.4. The predicted octanol–water partition coefficient (Wildman–Crippen LogP) is 2.94. The number of hydrogen-bond acceptors (Lipinski definition) is 4. The van der Waals surface area contributed by atoms with E-state index in [4.69, 9.17) is 4.84 Å². The number of benzene rings is 2. The van der Waals surface area contributed by atoms with Gasteiger partial charge in [-0.05, 0) is 35.5 Å². The molecule has 0 aliphatic carbocycles. The number of fused-ring (bicyclic) bond motifs is 2. The van der Waals surface area contributed by atoms with Crippen LogP contribution in [0.2, 0.25) is 0 Å². The highest BCUT2D eigenvalue weighted by atomic mass is 79.9. The molecule has 22 heavy (non-hydrogen) atoms. The molecule has 0 bridgehead atoms. The van der Waals surface area contributed by atoms with Crippen molar-refractivity contribution in [2.45, 2.75) is 0 Å². The highest BCUT2D eigenvalue weighted by Crippen LogP contribution is 2.23. The first-order chi connectivity index (χ1) is 10.7. The van der Waals surface area contributed by atoms with Crippen molar-refractivity contribution in [2.75, 3.05) is 0 Å². The molecule has 1 N–H and O–H groups in total. The summed E-state index contributed by atoms with van der Waals surface area (Å²) in [5, 5.41) is 8.58. The lowest BCUT2D eigenvalue weighted by Gasteiger charge is -2.02. The van der Waals surface area contributed by atoms with Gasteiger partial charge in [0.15, 0.2) is 0 Å². The average Bonchev–Trinajstić information content (AvgIpc) is 3.11. The van der Waals surface area contributed by atoms with Gasteiger partial charge in [0.25, 0.3) is 0 Å². The van der Waals surface area contributed by atoms with Crippen LogP contribution >= 0.6 is 15.9 Å². The van der Waals surface area contributed by atoms with E-state index < -0.39 is 5.97 Å². The van der Waals surface area contributed by atoms with Crippen LogP contribution in [0.4, 0.5) is 0 Å². The molecule has 0 atom stereocenters. The molecule has 4 rings (SSSR count). The lowest BCUT2D eigenvalue weighted by Crippen LogP contribution is -2.20. The minimum Gasteiger partial charge on any atom is -0.360 e. The molecule has 6 nitrogen and oxygen atoms in total. The summed E-state index contributed by atoms with van der Waals surface area (Å²) in [4.78, 5) is 21.9. The third-order valence-corrected chi connectivity index (χ3v) is 3.85. The minimum atomic E-state index is -0.500. The summed E-state index contributed by atoms with van der Waals surface area (Å²) >= 11 is 3.40. The molecule has 0 unspecified atom stereocenters. The Bertz CT molecular complexity index is 1010. The Labute approximate surface area is 132 Å². The van der Waals surface area contributed by atoms with Gasteiger partial charge >= 0.3 is 5.97 Å². The molecular weight excluding hydrogens is 348 g/mol. The summed E-state index contributed by atoms with van der Waals surface area (Å²) in [5.41, 5.74) is 2.60. The Morgan fingerprint density at radius 3 is 3.00 bits per heavy atom. The van der Waals surface area contributed by atoms with Gasteiger partial charge in [0, 0.05) is 21.6 Å². The van der Waals surface area contributed by atoms with E-state index in [1.807, 2.05) is 30.3 Å². The largest absolute Gasteiger partial charge is 0.367 e. The fourth-order valence-electron chi connectivity index (χ4n) is 2.30. The fourth-order valence-corrected chi connectivity index (χ4v) is 2.67. The minimum absolute atomic E-state index is 0.441. The third-order valence-electron chi connectivity index (χ3n) is 3.35. The highest BCUT2D eigenvalue weighted by Gasteiger charge is 2.16. The number of nitrogens with zero attached hydrogens (tertiary/aromatic N) is 3. The summed E-state index contributed by atoms with van der Waals surface area (Å²) in [6.45, 7) is 0. The zero-order chi connectivity index (χ0) is 15.1. The molecule has 2 heterocycles. The zero-order valence-corrected chi connectivity index (χ0v) is 12.7. The number of rotatable bonds is 2. The number of halogens is 1. The standard InChI is InChI=1S/C15H9BrN4O2/c16-9-5-6-12-10(7-9)11(8-17-12)15(21)22-20-14-4-2-1-3-13(14)18-19-20/h1-8,17H. The van der Waals surface area contributed by atoms with Crippen LogP contribution in [0.3, 0.4) is 0 Å². The number of aromatic amines is 1. The van der Waals surface area contributed by atoms with Gasteiger partial charge in [-0.15, -0.1) is 5.10 Å². The van der Waals surface area contributed by atoms with Gasteiger partial charge in [0.1, 0.15) is 11.0 Å². The van der Waals surface area contributed by atoms with Gasteiger partial charge in [-0.3, -0.25) is 0 Å². The van der Waals surface area contributed by atoms with Gasteiger partial charge < -0.3 is 9.82 Å². The number of para-hydroxylation sites is 1. The number of nitrogens with one attached hydrogen (secondary N) is 1. The summed E-state index contributed by atoms with van der Waals surface area (Å²) in [7, 11) is 0. The van der Waals surface area contributed by atoms with Gasteiger partial charge in [-0.1, -0.05) is 32.9 Å². The van der Waals surface area contributed by atoms with Crippen molar-refractivity contribution >= 4 is 43.8 Å². The van der Waals surface area contributed by atoms with Crippen LogP contribution in [0.25, 0.3) is 21.9 Å². The molecule has 0 aliphatic rings. The molecule has 0 saturated carbocycles. The summed E-state index contributed by atoms with van der Waals surface area (Å²) in [6.07, 6.45) is 1.62. The van der Waals surface area contributed by atoms with Crippen molar-refractivity contribution in [3.8, 4) is 0 Å². The highest BCUT2D eigenvalue weighted by molar-refractivity contribution is 9.10. The molecule has 2 aromatic heterocycles. The molecule has 7 heteroatoms. The zero-order valence-electron chi connectivity index (χ0n) is 11.2. The molecule has 0 radical (unpaired) electrons. The van der Waals surface area contributed by atoms with E-state index in [2.05, 4.69) is 31.2 Å². The van der Waals surface area contributed by atoms with Gasteiger partial charge in [-0.2, -0.15) is 0 Å². The molecule has 0 fully saturated rings. The summed E-state index contributed by atoms with van der Waals surface area (Å²) in [6, 6.07) is 12.9. The van der Waals surface area contributed by atoms with Crippen molar-refractivity contribution in [3.05, 3.63) is 58.7 Å². The van der Waals surface area contributed by atoms with E-state index in [-0.39, 0.29) is 0 Å². The van der Waals surface area contributed by atoms with Gasteiger partial charge in [-0.25, -0.2) is 4.79 Å². The molecule has 4 aromatic rings. The molecular formula is C15H9BrN4O2. The van der Waals surface area contributed by atoms with Gasteiger partial charge in [0.05, 0.1) is 5.56 Å². The SMILES string of the molecule is O=C(On1nnc2ccccc21)c1c[nH]c2ccc(Br)cc12. The van der Waals surface area contributed by atoms with Gasteiger partial charge in [0.2, 0.25) is 0 Å². The Balaban J connectivity index is 1.73. The van der Waals surface area contributed by atoms with Crippen LogP contribution < -0.4 is 4.84 Å². The molecule has 0 aliphatic heterocycles. The van der Waals surface area contributed by atoms with E-state index >= 15 is 0 Å². The number of H-pyrrole nitrogens is 1. The van der Waals surface area contributed by atoms with Crippen LogP contribution in [0.5, 0.6) is 0 Å². The summed E-state index contributed by atoms with van der Waals surface area (Å²) in [5.74, 6) is -0.500. The normalized spacial score (nSPS) is 11.1. The van der Waals surface area contributed by atoms with E-state index in [1.54, 1.807) is 18.3 Å². The van der Waals surface area contributed by atoms with Crippen LogP contribution in [-0.2, 0) is 0 Å². The number of carbonyl (C=O) groups is 1. The quantitative estimate of drug-likeness (QED) is 0.560. The van der Waals surface area contributed by atoms with Crippen molar-refractivity contribution in [3.63, 3.8) is 0 Å². The van der Waals surface area contributed by atoms with Crippen molar-refractivity contribution < 1.29 is 9.63 Å². The monoisotopic (exact) mass is 356 g/mol. The lowest BCUT2D eigenvalue weighted by molar-refractivity contribution is 0.0411. The molecule has 108 valence electrons. The Morgan fingerprint density at radius 2 is 2.09 bits per heavy atom. The first kappa shape index (κ1) is 13.0. The van der Waals surface area contributed by atoms with Crippen LogP contribution in [0.1, 0.15) is 10.4 Å². The second-order valence-electron chi connectivity index (χ2n) is 4.72. The van der Waals surface area contributed by atoms with Crippen molar-refractivity contribution in [1.29, 1.82) is 0 Å². The Kier molecular flexibility index (Phi) is 2.93. The molecule has 0 spiro atoms. The van der Waals surface area contributed by atoms with Crippen LogP contribution in [0.15, 0.2) is 53.1 Å². The molecule has 0 amide bonds. The van der Waals surface area contributed by atoms with E-state index in [9.17, 15) is 4.79 Å². The van der Waals surface area contributed by atoms with Crippen molar-refractivity contribution in [1.82, 2.24) is 20.1 Å². The first-order valence-electron chi connectivity index (χ1n) is 6.52. The number of carbonyl (C=O) groups excluding carboxylic acids is 1. The Morgan fingerprint density at radius 1 is 1.23 bits per heavy atom. The summed E-state index contributed by atoms with van der Waals surface area (Å²) < 4.78 is 0.889. The Hall–Kier alpha value is -2.67. The predicted molar refractivity (Wildman–Crippen MR) is 84.4 cm³/mol. The number of hydrogen-bond donors (Lipinski definition) is 1. The topological polar surface area (TPSA) is 72.8 Å². The van der Waals surface area contributed by atoms with E-state index in [0.717, 1.165) is 20.2 Å². The van der Waals surface area contributed by atoms with E-state index in [1.165, 1.54) is 0 Å².